The molecule has 3 aromatic rings. The molecule has 4 heteroatoms. The fraction of sp³-hybridized carbons (Fsp3) is 0.273. The highest BCUT2D eigenvalue weighted by atomic mass is 19.4. The lowest BCUT2D eigenvalue weighted by Crippen LogP contribution is -2.20. The molecule has 0 bridgehead atoms. The van der Waals surface area contributed by atoms with Gasteiger partial charge in [-0.05, 0) is 54.1 Å². The highest BCUT2D eigenvalue weighted by Gasteiger charge is 2.30. The van der Waals surface area contributed by atoms with Crippen LogP contribution in [0, 0.1) is 0 Å². The van der Waals surface area contributed by atoms with E-state index in [1.165, 1.54) is 0 Å². The lowest BCUT2D eigenvalue weighted by Gasteiger charge is -2.17. The number of halogens is 3. The Labute approximate surface area is 178 Å². The Morgan fingerprint density at radius 3 is 2.69 bits per heavy atom. The Hall–Kier alpha value is -2.33. The molecule has 1 N–H and O–H groups in total. The number of fused-ring (bicyclic) bond motifs is 1. The summed E-state index contributed by atoms with van der Waals surface area (Å²) in [5.41, 5.74) is -4.42. The summed E-state index contributed by atoms with van der Waals surface area (Å²) in [5, 5.41) is -0.146. The largest absolute Gasteiger partial charge is 0.416 e. The average molecular weight is 377 g/mol. The van der Waals surface area contributed by atoms with Crippen LogP contribution in [0.15, 0.2) is 66.5 Å². The maximum absolute atomic E-state index is 13.6. The van der Waals surface area contributed by atoms with Crippen molar-refractivity contribution in [1.29, 1.82) is 0 Å². The predicted octanol–water partition coefficient (Wildman–Crippen LogP) is 6.14. The highest BCUT2D eigenvalue weighted by molar-refractivity contribution is 5.86. The quantitative estimate of drug-likeness (QED) is 0.545. The molecule has 3 aromatic carbocycles. The smallest absolute Gasteiger partial charge is 0.310 e. The minimum atomic E-state index is -5.40. The molecule has 0 radical (unpaired) electrons. The Morgan fingerprint density at radius 1 is 1.12 bits per heavy atom. The van der Waals surface area contributed by atoms with E-state index in [1.807, 2.05) is 0 Å². The van der Waals surface area contributed by atoms with E-state index in [2.05, 4.69) is 0 Å². The summed E-state index contributed by atoms with van der Waals surface area (Å²) in [7, 11) is 0. The Bertz CT molecular complexity index is 1710. The number of hydrogen-bond acceptors (Lipinski definition) is 1. The number of hydrogen-bond donors (Lipinski definition) is 1. The van der Waals surface area contributed by atoms with Crippen molar-refractivity contribution < 1.29 is 39.2 Å². The van der Waals surface area contributed by atoms with E-state index < -0.39 is 132 Å². The minimum absolute atomic E-state index is 0.793. The first-order valence-corrected chi connectivity index (χ1v) is 7.02. The van der Waals surface area contributed by atoms with Crippen molar-refractivity contribution in [3.8, 4) is 0 Å². The van der Waals surface area contributed by atoms with E-state index in [4.69, 9.17) is 26.0 Å². The second-order valence-corrected chi connectivity index (χ2v) is 4.83. The van der Waals surface area contributed by atoms with Gasteiger partial charge < -0.3 is 5.32 Å². The first-order valence-electron chi connectivity index (χ1n) is 16.5. The summed E-state index contributed by atoms with van der Waals surface area (Å²) >= 11 is 0. The molecule has 0 fully saturated rings. The summed E-state index contributed by atoms with van der Waals surface area (Å²) in [6.07, 6.45) is -10.6. The third-order valence-electron chi connectivity index (χ3n) is 3.06. The summed E-state index contributed by atoms with van der Waals surface area (Å²) < 4.78 is 196. The lowest BCUT2D eigenvalue weighted by molar-refractivity contribution is -0.137. The minimum Gasteiger partial charge on any atom is -0.310 e. The van der Waals surface area contributed by atoms with Gasteiger partial charge in [0.2, 0.25) is 0 Å². The van der Waals surface area contributed by atoms with Crippen LogP contribution >= 0.6 is 0 Å². The van der Waals surface area contributed by atoms with E-state index in [1.54, 1.807) is 5.32 Å². The standard InChI is InChI=1S/C22H22F3N/c1-16(20-13-5-10-18-9-2-3-12-21(18)20)26-14-6-8-17-7-4-11-19(15-17)22(23,24)25/h2-5,7,9-13,15-16,26H,6,8,14H2,1H3/t16-/m0/s1/i1D3,2D,3D,4D,5D,6D2,7D,9D,10D,11D,12D,13D,14D2,15D,16D. The van der Waals surface area contributed by atoms with Crippen molar-refractivity contribution in [3.05, 3.63) is 83.2 Å². The molecule has 0 aliphatic rings. The molecule has 0 aliphatic heterocycles. The fourth-order valence-corrected chi connectivity index (χ4v) is 1.91. The van der Waals surface area contributed by atoms with Gasteiger partial charge in [0.25, 0.3) is 0 Å². The lowest BCUT2D eigenvalue weighted by atomic mass is 9.99. The molecular formula is C22H22F3N. The maximum Gasteiger partial charge on any atom is 0.416 e. The predicted molar refractivity (Wildman–Crippen MR) is 100 cm³/mol. The van der Waals surface area contributed by atoms with Crippen LogP contribution in [0.4, 0.5) is 13.2 Å². The molecule has 136 valence electrons. The third-order valence-corrected chi connectivity index (χ3v) is 3.06. The molecule has 26 heavy (non-hydrogen) atoms. The van der Waals surface area contributed by atoms with Gasteiger partial charge in [0.05, 0.1) is 22.0 Å². The third kappa shape index (κ3) is 4.44. The molecule has 0 spiro atoms. The zero-order valence-corrected chi connectivity index (χ0v) is 12.8. The molecule has 0 saturated heterocycles. The van der Waals surface area contributed by atoms with Crippen LogP contribution in [0.3, 0.4) is 0 Å². The topological polar surface area (TPSA) is 12.0 Å². The molecule has 1 nitrogen and oxygen atoms in total. The van der Waals surface area contributed by atoms with Gasteiger partial charge in [0, 0.05) is 15.6 Å². The molecule has 1 atom stereocenters. The van der Waals surface area contributed by atoms with E-state index in [0.717, 1.165) is 0 Å². The summed E-state index contributed by atoms with van der Waals surface area (Å²) in [6, 6.07) is -16.7. The van der Waals surface area contributed by atoms with Gasteiger partial charge >= 0.3 is 6.18 Å². The Kier molecular flexibility index (Phi) is 1.86. The fourth-order valence-electron chi connectivity index (χ4n) is 1.91. The molecule has 0 saturated carbocycles. The van der Waals surface area contributed by atoms with Crippen LogP contribution in [-0.4, -0.2) is 6.50 Å². The van der Waals surface area contributed by atoms with E-state index in [-0.39, 0.29) is 0 Å². The Morgan fingerprint density at radius 2 is 1.88 bits per heavy atom. The summed E-state index contributed by atoms with van der Waals surface area (Å²) in [6.45, 7) is -7.68. The van der Waals surface area contributed by atoms with Crippen LogP contribution in [-0.2, 0) is 12.6 Å². The molecule has 0 aromatic heterocycles. The van der Waals surface area contributed by atoms with E-state index in [9.17, 15) is 13.2 Å². The van der Waals surface area contributed by atoms with E-state index >= 15 is 0 Å². The molecule has 0 aliphatic carbocycles. The second kappa shape index (κ2) is 7.92. The zero-order valence-electron chi connectivity index (χ0n) is 31.8. The van der Waals surface area contributed by atoms with Gasteiger partial charge in [0.15, 0.2) is 0 Å². The number of benzene rings is 3. The first kappa shape index (κ1) is 6.10. The summed E-state index contributed by atoms with van der Waals surface area (Å²) in [4.78, 5) is 0. The zero-order chi connectivity index (χ0) is 35.2. The van der Waals surface area contributed by atoms with Gasteiger partial charge in [-0.15, -0.1) is 0 Å². The monoisotopic (exact) mass is 376 g/mol. The maximum atomic E-state index is 13.6. The van der Waals surface area contributed by atoms with Crippen LogP contribution in [0.5, 0.6) is 0 Å². The number of rotatable bonds is 6. The van der Waals surface area contributed by atoms with Crippen LogP contribution in [0.1, 0.15) is 62.0 Å². The highest BCUT2D eigenvalue weighted by Crippen LogP contribution is 2.29. The van der Waals surface area contributed by atoms with Crippen molar-refractivity contribution >= 4 is 10.8 Å². The van der Waals surface area contributed by atoms with E-state index in [0.29, 0.717) is 0 Å². The normalized spacial score (nSPS) is 26.3. The molecule has 0 unspecified atom stereocenters. The first-order chi connectivity index (χ1) is 20.1. The molecular weight excluding hydrogens is 335 g/mol. The van der Waals surface area contributed by atoms with Crippen molar-refractivity contribution in [2.24, 2.45) is 0 Å². The van der Waals surface area contributed by atoms with Gasteiger partial charge in [0.1, 0.15) is 0 Å². The van der Waals surface area contributed by atoms with Crippen LogP contribution in [0.2, 0.25) is 0 Å². The SMILES string of the molecule is [2H]c1c([2H])c(CC([2H])([2H])C([2H])([2H])N[C@]([2H])(c2c([2H])c([2H])c([2H])c3c([2H])c([2H])c([2H])c([2H])c23)C([2H])([2H])[2H])c([2H])c(C(F)(F)F)c1[2H]. The number of alkyl halides is 3. The van der Waals surface area contributed by atoms with Gasteiger partial charge in [-0.1, -0.05) is 60.4 Å². The van der Waals surface area contributed by atoms with Crippen LogP contribution in [0.25, 0.3) is 10.8 Å². The number of nitrogens with one attached hydrogen (secondary N) is 1. The van der Waals surface area contributed by atoms with Crippen LogP contribution < -0.4 is 5.32 Å². The molecule has 0 amide bonds. The van der Waals surface area contributed by atoms with Gasteiger partial charge in [-0.25, -0.2) is 0 Å². The van der Waals surface area contributed by atoms with Crippen molar-refractivity contribution in [2.75, 3.05) is 6.50 Å². The van der Waals surface area contributed by atoms with Gasteiger partial charge in [-0.2, -0.15) is 13.2 Å². The second-order valence-electron chi connectivity index (χ2n) is 4.83. The van der Waals surface area contributed by atoms with Crippen molar-refractivity contribution in [3.63, 3.8) is 0 Å². The van der Waals surface area contributed by atoms with Crippen molar-refractivity contribution in [1.82, 2.24) is 5.32 Å². The van der Waals surface area contributed by atoms with Crippen molar-refractivity contribution in [2.45, 2.75) is 31.8 Å². The molecule has 0 heterocycles. The summed E-state index contributed by atoms with van der Waals surface area (Å²) in [5.74, 6) is 0. The van der Waals surface area contributed by atoms with Gasteiger partial charge in [-0.3, -0.25) is 0 Å². The molecule has 3 rings (SSSR count). The average Bonchev–Trinajstić information content (AvgIpc) is 2.88. The Balaban J connectivity index is 2.36.